The number of amides is 1. The second kappa shape index (κ2) is 5.40. The smallest absolute Gasteiger partial charge is 0.244 e. The molecule has 1 aliphatic heterocycles. The summed E-state index contributed by atoms with van der Waals surface area (Å²) in [7, 11) is 0. The third kappa shape index (κ3) is 2.61. The Hall–Kier alpha value is -1.88. The van der Waals surface area contributed by atoms with Crippen molar-refractivity contribution in [2.75, 3.05) is 18.0 Å². The van der Waals surface area contributed by atoms with Crippen molar-refractivity contribution in [2.45, 2.75) is 25.9 Å². The molecule has 0 spiro atoms. The first-order chi connectivity index (χ1) is 9.04. The SMILES string of the molecule is CC(=O)c1cccc(N2C(C)CNC(=O)C2CN)c1. The lowest BCUT2D eigenvalue weighted by Crippen LogP contribution is -2.62. The van der Waals surface area contributed by atoms with Gasteiger partial charge >= 0.3 is 0 Å². The number of Topliss-reactive ketones (excluding diaryl/α,β-unsaturated/α-hetero) is 1. The number of piperazine rings is 1. The van der Waals surface area contributed by atoms with E-state index in [0.717, 1.165) is 5.69 Å². The van der Waals surface area contributed by atoms with E-state index in [9.17, 15) is 9.59 Å². The first kappa shape index (κ1) is 13.5. The summed E-state index contributed by atoms with van der Waals surface area (Å²) in [5.41, 5.74) is 7.22. The minimum atomic E-state index is -0.383. The molecular formula is C14H19N3O2. The van der Waals surface area contributed by atoms with Gasteiger partial charge in [0.2, 0.25) is 5.91 Å². The monoisotopic (exact) mass is 261 g/mol. The average Bonchev–Trinajstić information content (AvgIpc) is 2.41. The van der Waals surface area contributed by atoms with Crippen LogP contribution in [0.2, 0.25) is 0 Å². The summed E-state index contributed by atoms with van der Waals surface area (Å²) in [6, 6.07) is 7.10. The molecule has 19 heavy (non-hydrogen) atoms. The summed E-state index contributed by atoms with van der Waals surface area (Å²) in [6.45, 7) is 4.40. The maximum Gasteiger partial charge on any atom is 0.244 e. The number of ketones is 1. The molecule has 2 unspecified atom stereocenters. The van der Waals surface area contributed by atoms with Gasteiger partial charge in [-0.25, -0.2) is 0 Å². The van der Waals surface area contributed by atoms with Crippen LogP contribution in [-0.4, -0.2) is 36.9 Å². The molecule has 0 aliphatic carbocycles. The average molecular weight is 261 g/mol. The van der Waals surface area contributed by atoms with E-state index in [1.807, 2.05) is 30.0 Å². The summed E-state index contributed by atoms with van der Waals surface area (Å²) >= 11 is 0. The Morgan fingerprint density at radius 1 is 1.53 bits per heavy atom. The predicted molar refractivity (Wildman–Crippen MR) is 74.2 cm³/mol. The molecule has 1 heterocycles. The number of hydrogen-bond donors (Lipinski definition) is 2. The van der Waals surface area contributed by atoms with Crippen molar-refractivity contribution in [1.82, 2.24) is 5.32 Å². The van der Waals surface area contributed by atoms with E-state index >= 15 is 0 Å². The van der Waals surface area contributed by atoms with Crippen LogP contribution in [0.3, 0.4) is 0 Å². The summed E-state index contributed by atoms with van der Waals surface area (Å²) in [5, 5.41) is 2.84. The van der Waals surface area contributed by atoms with Gasteiger partial charge in [0.1, 0.15) is 6.04 Å². The summed E-state index contributed by atoms with van der Waals surface area (Å²) in [4.78, 5) is 25.3. The summed E-state index contributed by atoms with van der Waals surface area (Å²) in [6.07, 6.45) is 0. The fourth-order valence-electron chi connectivity index (χ4n) is 2.44. The van der Waals surface area contributed by atoms with Gasteiger partial charge in [0.05, 0.1) is 0 Å². The Labute approximate surface area is 112 Å². The quantitative estimate of drug-likeness (QED) is 0.779. The number of carbonyl (C=O) groups excluding carboxylic acids is 2. The number of nitrogens with two attached hydrogens (primary N) is 1. The summed E-state index contributed by atoms with van der Waals surface area (Å²) < 4.78 is 0. The van der Waals surface area contributed by atoms with Gasteiger partial charge in [0, 0.05) is 30.4 Å². The van der Waals surface area contributed by atoms with Crippen molar-refractivity contribution in [1.29, 1.82) is 0 Å². The second-order valence-corrected chi connectivity index (χ2v) is 4.86. The standard InChI is InChI=1S/C14H19N3O2/c1-9-8-16-14(19)13(7-15)17(9)12-5-3-4-11(6-12)10(2)18/h3-6,9,13H,7-8,15H2,1-2H3,(H,16,19). The van der Waals surface area contributed by atoms with E-state index in [-0.39, 0.29) is 30.3 Å². The molecule has 5 nitrogen and oxygen atoms in total. The number of anilines is 1. The lowest BCUT2D eigenvalue weighted by Gasteiger charge is -2.41. The molecule has 0 radical (unpaired) electrons. The fraction of sp³-hybridized carbons (Fsp3) is 0.429. The molecule has 1 fully saturated rings. The Morgan fingerprint density at radius 2 is 2.26 bits per heavy atom. The molecule has 102 valence electrons. The first-order valence-corrected chi connectivity index (χ1v) is 6.41. The van der Waals surface area contributed by atoms with E-state index in [1.54, 1.807) is 6.07 Å². The number of hydrogen-bond acceptors (Lipinski definition) is 4. The normalized spacial score (nSPS) is 23.1. The molecule has 2 rings (SSSR count). The van der Waals surface area contributed by atoms with Gasteiger partial charge in [-0.3, -0.25) is 9.59 Å². The molecule has 1 amide bonds. The Morgan fingerprint density at radius 3 is 2.89 bits per heavy atom. The van der Waals surface area contributed by atoms with Gasteiger partial charge in [-0.15, -0.1) is 0 Å². The van der Waals surface area contributed by atoms with Crippen molar-refractivity contribution in [2.24, 2.45) is 5.73 Å². The van der Waals surface area contributed by atoms with Gasteiger partial charge in [0.15, 0.2) is 5.78 Å². The Balaban J connectivity index is 2.39. The van der Waals surface area contributed by atoms with E-state index in [4.69, 9.17) is 5.73 Å². The van der Waals surface area contributed by atoms with E-state index < -0.39 is 0 Å². The number of nitrogens with one attached hydrogen (secondary N) is 1. The fourth-order valence-corrected chi connectivity index (χ4v) is 2.44. The first-order valence-electron chi connectivity index (χ1n) is 6.41. The van der Waals surface area contributed by atoms with Crippen LogP contribution in [0.15, 0.2) is 24.3 Å². The van der Waals surface area contributed by atoms with Crippen molar-refractivity contribution < 1.29 is 9.59 Å². The number of benzene rings is 1. The minimum absolute atomic E-state index is 0.0141. The molecule has 0 saturated carbocycles. The van der Waals surface area contributed by atoms with Crippen LogP contribution in [0.25, 0.3) is 0 Å². The number of rotatable bonds is 3. The highest BCUT2D eigenvalue weighted by atomic mass is 16.2. The van der Waals surface area contributed by atoms with Crippen LogP contribution in [-0.2, 0) is 4.79 Å². The van der Waals surface area contributed by atoms with Gasteiger partial charge in [-0.1, -0.05) is 12.1 Å². The van der Waals surface area contributed by atoms with Crippen LogP contribution < -0.4 is 16.0 Å². The zero-order valence-corrected chi connectivity index (χ0v) is 11.2. The van der Waals surface area contributed by atoms with Gasteiger partial charge in [-0.05, 0) is 26.0 Å². The van der Waals surface area contributed by atoms with Gasteiger partial charge < -0.3 is 16.0 Å². The second-order valence-electron chi connectivity index (χ2n) is 4.86. The van der Waals surface area contributed by atoms with Crippen LogP contribution >= 0.6 is 0 Å². The zero-order chi connectivity index (χ0) is 14.0. The molecule has 1 aromatic rings. The molecule has 2 atom stereocenters. The maximum atomic E-state index is 11.9. The van der Waals surface area contributed by atoms with Crippen LogP contribution in [0.4, 0.5) is 5.69 Å². The van der Waals surface area contributed by atoms with Crippen molar-refractivity contribution in [3.63, 3.8) is 0 Å². The minimum Gasteiger partial charge on any atom is -0.354 e. The molecule has 1 aliphatic rings. The highest BCUT2D eigenvalue weighted by Crippen LogP contribution is 2.23. The molecular weight excluding hydrogens is 242 g/mol. The summed E-state index contributed by atoms with van der Waals surface area (Å²) in [5.74, 6) is -0.0471. The van der Waals surface area contributed by atoms with Crippen molar-refractivity contribution in [3.8, 4) is 0 Å². The lowest BCUT2D eigenvalue weighted by atomic mass is 10.0. The van der Waals surface area contributed by atoms with E-state index in [0.29, 0.717) is 12.1 Å². The molecule has 0 aromatic heterocycles. The molecule has 3 N–H and O–H groups in total. The van der Waals surface area contributed by atoms with Crippen LogP contribution in [0.5, 0.6) is 0 Å². The number of nitrogens with zero attached hydrogens (tertiary/aromatic N) is 1. The van der Waals surface area contributed by atoms with E-state index in [2.05, 4.69) is 5.32 Å². The highest BCUT2D eigenvalue weighted by molar-refractivity contribution is 5.95. The largest absolute Gasteiger partial charge is 0.354 e. The van der Waals surface area contributed by atoms with Crippen LogP contribution in [0, 0.1) is 0 Å². The third-order valence-electron chi connectivity index (χ3n) is 3.46. The third-order valence-corrected chi connectivity index (χ3v) is 3.46. The maximum absolute atomic E-state index is 11.9. The highest BCUT2D eigenvalue weighted by Gasteiger charge is 2.33. The van der Waals surface area contributed by atoms with Crippen molar-refractivity contribution in [3.05, 3.63) is 29.8 Å². The van der Waals surface area contributed by atoms with Gasteiger partial charge in [0.25, 0.3) is 0 Å². The predicted octanol–water partition coefficient (Wildman–Crippen LogP) is 0.541. The molecule has 1 aromatic carbocycles. The molecule has 1 saturated heterocycles. The van der Waals surface area contributed by atoms with Crippen LogP contribution in [0.1, 0.15) is 24.2 Å². The Bertz CT molecular complexity index is 501. The Kier molecular flexibility index (Phi) is 3.85. The molecule has 5 heteroatoms. The van der Waals surface area contributed by atoms with Crippen molar-refractivity contribution >= 4 is 17.4 Å². The zero-order valence-electron chi connectivity index (χ0n) is 11.2. The van der Waals surface area contributed by atoms with Gasteiger partial charge in [-0.2, -0.15) is 0 Å². The number of carbonyl (C=O) groups is 2. The molecule has 0 bridgehead atoms. The lowest BCUT2D eigenvalue weighted by molar-refractivity contribution is -0.123. The topological polar surface area (TPSA) is 75.4 Å². The van der Waals surface area contributed by atoms with E-state index in [1.165, 1.54) is 6.92 Å².